The molecule has 10 nitrogen and oxygen atoms in total. The molecule has 44 heavy (non-hydrogen) atoms. The molecule has 0 bridgehead atoms. The van der Waals surface area contributed by atoms with Gasteiger partial charge >= 0.3 is 5.92 Å². The number of nitrogens with two attached hydrogens (primary N) is 2. The molecule has 0 radical (unpaired) electrons. The number of amidine groups is 1. The Kier molecular flexibility index (Phi) is 17.7. The smallest absolute Gasteiger partial charge is 0.303 e. The largest absolute Gasteiger partial charge is 0.387 e. The lowest BCUT2D eigenvalue weighted by Gasteiger charge is -2.15. The number of halogens is 3. The number of amides is 1. The molecule has 0 saturated carbocycles. The summed E-state index contributed by atoms with van der Waals surface area (Å²) in [4.78, 5) is 12.1. The van der Waals surface area contributed by atoms with Crippen LogP contribution in [0.25, 0.3) is 6.08 Å². The van der Waals surface area contributed by atoms with Gasteiger partial charge in [-0.05, 0) is 55.7 Å². The van der Waals surface area contributed by atoms with E-state index in [0.717, 1.165) is 16.4 Å². The van der Waals surface area contributed by atoms with Crippen LogP contribution in [-0.2, 0) is 13.1 Å². The number of carbonyl (C=O) groups excluding carboxylic acids is 1. The predicted octanol–water partition coefficient (Wildman–Crippen LogP) is 5.92. The Morgan fingerprint density at radius 1 is 1.34 bits per heavy atom. The first-order valence-corrected chi connectivity index (χ1v) is 14.0. The van der Waals surface area contributed by atoms with E-state index in [4.69, 9.17) is 28.4 Å². The third-order valence-electron chi connectivity index (χ3n) is 5.48. The van der Waals surface area contributed by atoms with Crippen LogP contribution in [-0.4, -0.2) is 46.2 Å². The van der Waals surface area contributed by atoms with Crippen molar-refractivity contribution in [1.82, 2.24) is 20.2 Å². The molecule has 1 aromatic heterocycles. The van der Waals surface area contributed by atoms with E-state index in [9.17, 15) is 13.6 Å². The number of rotatable bonds is 12. The highest BCUT2D eigenvalue weighted by atomic mass is 35.5. The van der Waals surface area contributed by atoms with Crippen molar-refractivity contribution in [3.05, 3.63) is 89.3 Å². The maximum atomic E-state index is 13.0. The Morgan fingerprint density at radius 2 is 1.98 bits per heavy atom. The van der Waals surface area contributed by atoms with Crippen molar-refractivity contribution < 1.29 is 13.6 Å². The Morgan fingerprint density at radius 3 is 2.48 bits per heavy atom. The van der Waals surface area contributed by atoms with E-state index in [2.05, 4.69) is 46.6 Å². The summed E-state index contributed by atoms with van der Waals surface area (Å²) in [5.41, 5.74) is 9.10. The molecule has 6 N–H and O–H groups in total. The second kappa shape index (κ2) is 19.7. The van der Waals surface area contributed by atoms with E-state index >= 15 is 0 Å². The summed E-state index contributed by atoms with van der Waals surface area (Å²) in [6, 6.07) is 7.17. The van der Waals surface area contributed by atoms with Crippen LogP contribution in [0.5, 0.6) is 0 Å². The standard InChI is InChI=1S/C15H21ClF2N6.C14H19N3O.C2H4/c1-4-6-7-11(16)9-23-13(5-2)8-12(21-23)10-24(20)22-14(19)15(3,17)18;1-9(2)8-17-14(18)12-6-11(7-15)5-10(3)13(12)16-4;1-2/h4-8H,2,9-10,20H2,1,3H3,(H2,19,22);5-6,9,16H,8H2,1-4H3,(H,17,18);1-2H2/b6-4-,11-7+;;. The number of carbonyl (C=O) groups is 1. The first-order valence-electron chi connectivity index (χ1n) is 13.6. The molecule has 0 unspecified atom stereocenters. The van der Waals surface area contributed by atoms with Crippen molar-refractivity contribution in [2.24, 2.45) is 22.6 Å². The third kappa shape index (κ3) is 13.7. The van der Waals surface area contributed by atoms with E-state index in [1.807, 2.05) is 39.8 Å². The minimum Gasteiger partial charge on any atom is -0.387 e. The Hall–Kier alpha value is -4.47. The van der Waals surface area contributed by atoms with Gasteiger partial charge in [-0.1, -0.05) is 44.2 Å². The number of anilines is 1. The zero-order valence-corrected chi connectivity index (χ0v) is 27.1. The van der Waals surface area contributed by atoms with Gasteiger partial charge in [-0.15, -0.1) is 18.3 Å². The van der Waals surface area contributed by atoms with Gasteiger partial charge < -0.3 is 16.4 Å². The number of aromatic nitrogens is 2. The normalized spacial score (nSPS) is 11.6. The number of nitrogens with zero attached hydrogens (tertiary/aromatic N) is 5. The van der Waals surface area contributed by atoms with Crippen LogP contribution in [0, 0.1) is 24.2 Å². The molecule has 2 rings (SSSR count). The SMILES string of the molecule is C=C.C=Cc1cc(CN(N)/N=C(\N)C(C)(F)F)nn1C/C(Cl)=C\C=C/C.CNc1c(C)cc(C#N)cc1C(=O)NCC(C)C. The van der Waals surface area contributed by atoms with Crippen LogP contribution in [0.15, 0.2) is 66.3 Å². The van der Waals surface area contributed by atoms with Crippen LogP contribution < -0.4 is 22.2 Å². The van der Waals surface area contributed by atoms with Crippen molar-refractivity contribution >= 4 is 35.1 Å². The highest BCUT2D eigenvalue weighted by molar-refractivity contribution is 6.29. The summed E-state index contributed by atoms with van der Waals surface area (Å²) in [5.74, 6) is 1.72. The molecule has 13 heteroatoms. The lowest BCUT2D eigenvalue weighted by molar-refractivity contribution is 0.0942. The predicted molar refractivity (Wildman–Crippen MR) is 177 cm³/mol. The molecular formula is C31H44ClF2N9O. The van der Waals surface area contributed by atoms with E-state index in [1.54, 1.807) is 42.1 Å². The number of benzene rings is 1. The number of hydrazone groups is 1. The van der Waals surface area contributed by atoms with Gasteiger partial charge in [0.2, 0.25) is 0 Å². The maximum absolute atomic E-state index is 13.0. The van der Waals surface area contributed by atoms with Gasteiger partial charge in [-0.3, -0.25) is 9.48 Å². The molecule has 0 aliphatic rings. The van der Waals surface area contributed by atoms with Gasteiger partial charge in [0.1, 0.15) is 0 Å². The number of hydrogen-bond donors (Lipinski definition) is 4. The number of hydrogen-bond acceptors (Lipinski definition) is 7. The number of nitriles is 1. The average molecular weight is 632 g/mol. The van der Waals surface area contributed by atoms with E-state index in [1.165, 1.54) is 0 Å². The van der Waals surface area contributed by atoms with Crippen LogP contribution in [0.4, 0.5) is 14.5 Å². The van der Waals surface area contributed by atoms with E-state index < -0.39 is 11.8 Å². The summed E-state index contributed by atoms with van der Waals surface area (Å²) in [5, 5.41) is 24.0. The molecule has 240 valence electrons. The van der Waals surface area contributed by atoms with Gasteiger partial charge in [0.05, 0.1) is 41.7 Å². The highest BCUT2D eigenvalue weighted by Crippen LogP contribution is 2.22. The lowest BCUT2D eigenvalue weighted by atomic mass is 10.0. The quantitative estimate of drug-likeness (QED) is 0.0566. The molecule has 0 atom stereocenters. The lowest BCUT2D eigenvalue weighted by Crippen LogP contribution is -2.37. The van der Waals surface area contributed by atoms with Crippen LogP contribution >= 0.6 is 11.6 Å². The first kappa shape index (κ1) is 39.5. The number of aryl methyl sites for hydroxylation is 1. The molecule has 0 aliphatic carbocycles. The maximum Gasteiger partial charge on any atom is 0.303 e. The van der Waals surface area contributed by atoms with Crippen LogP contribution in [0.2, 0.25) is 0 Å². The summed E-state index contributed by atoms with van der Waals surface area (Å²) in [6.45, 7) is 19.1. The van der Waals surface area contributed by atoms with Crippen molar-refractivity contribution in [2.45, 2.75) is 53.6 Å². The van der Waals surface area contributed by atoms with Crippen LogP contribution in [0.1, 0.15) is 60.6 Å². The van der Waals surface area contributed by atoms with Crippen molar-refractivity contribution in [1.29, 1.82) is 5.26 Å². The molecule has 1 aromatic carbocycles. The third-order valence-corrected chi connectivity index (χ3v) is 5.73. The van der Waals surface area contributed by atoms with Crippen molar-refractivity contribution in [3.8, 4) is 6.07 Å². The summed E-state index contributed by atoms with van der Waals surface area (Å²) in [7, 11) is 1.77. The molecule has 1 heterocycles. The molecule has 2 aromatic rings. The highest BCUT2D eigenvalue weighted by Gasteiger charge is 2.27. The van der Waals surface area contributed by atoms with Crippen molar-refractivity contribution in [2.75, 3.05) is 18.9 Å². The zero-order valence-electron chi connectivity index (χ0n) is 26.3. The number of nitrogens with one attached hydrogen (secondary N) is 2. The molecule has 0 spiro atoms. The number of alkyl halides is 2. The Bertz CT molecular complexity index is 1370. The van der Waals surface area contributed by atoms with Crippen LogP contribution in [0.3, 0.4) is 0 Å². The average Bonchev–Trinajstić information content (AvgIpc) is 3.35. The number of allylic oxidation sites excluding steroid dienone is 4. The van der Waals surface area contributed by atoms with Gasteiger partial charge in [-0.2, -0.15) is 19.1 Å². The van der Waals surface area contributed by atoms with Crippen molar-refractivity contribution in [3.63, 3.8) is 0 Å². The fraction of sp³-hybridized carbons (Fsp3) is 0.355. The van der Waals surface area contributed by atoms with Gasteiger partial charge in [-0.25, -0.2) is 11.0 Å². The molecule has 0 aliphatic heterocycles. The second-order valence-corrected chi connectivity index (χ2v) is 10.2. The Balaban J connectivity index is 0.000000824. The van der Waals surface area contributed by atoms with E-state index in [-0.39, 0.29) is 12.5 Å². The summed E-state index contributed by atoms with van der Waals surface area (Å²) < 4.78 is 27.6. The molecular weight excluding hydrogens is 588 g/mol. The fourth-order valence-corrected chi connectivity index (χ4v) is 3.62. The Labute approximate surface area is 264 Å². The topological polar surface area (TPSA) is 150 Å². The fourth-order valence-electron chi connectivity index (χ4n) is 3.43. The molecule has 0 saturated heterocycles. The van der Waals surface area contributed by atoms with Gasteiger partial charge in [0.25, 0.3) is 5.91 Å². The summed E-state index contributed by atoms with van der Waals surface area (Å²) in [6.07, 6.45) is 7.02. The van der Waals surface area contributed by atoms with Gasteiger partial charge in [0.15, 0.2) is 5.84 Å². The summed E-state index contributed by atoms with van der Waals surface area (Å²) >= 11 is 6.11. The zero-order chi connectivity index (χ0) is 34.0. The number of hydrazine groups is 1. The monoisotopic (exact) mass is 631 g/mol. The molecule has 0 fully saturated rings. The van der Waals surface area contributed by atoms with E-state index in [0.29, 0.717) is 53.5 Å². The minimum absolute atomic E-state index is 0.000810. The second-order valence-electron chi connectivity index (χ2n) is 9.71. The minimum atomic E-state index is -3.24. The first-order chi connectivity index (χ1) is 20.7. The van der Waals surface area contributed by atoms with Gasteiger partial charge in [0, 0.05) is 31.2 Å². The molecule has 1 amide bonds.